The van der Waals surface area contributed by atoms with E-state index in [9.17, 15) is 4.79 Å². The van der Waals surface area contributed by atoms with E-state index in [0.717, 1.165) is 46.3 Å². The standard InChI is InChI=1S/C14H18Br2N2O2/c1-3-5-17-11-4-6-18(14(11)19)12-8-13(20-2)10(16)7-9(12)15/h7-8,11,17H,3-6H2,1-2H3. The van der Waals surface area contributed by atoms with Gasteiger partial charge in [-0.3, -0.25) is 4.79 Å². The fourth-order valence-electron chi connectivity index (χ4n) is 2.31. The molecular formula is C14H18Br2N2O2. The van der Waals surface area contributed by atoms with Gasteiger partial charge in [-0.1, -0.05) is 6.92 Å². The molecule has 1 N–H and O–H groups in total. The van der Waals surface area contributed by atoms with Crippen LogP contribution in [-0.2, 0) is 4.79 Å². The molecule has 6 heteroatoms. The van der Waals surface area contributed by atoms with Crippen LogP contribution in [0, 0.1) is 0 Å². The van der Waals surface area contributed by atoms with Crippen LogP contribution >= 0.6 is 31.9 Å². The quantitative estimate of drug-likeness (QED) is 0.816. The normalized spacial score (nSPS) is 18.7. The molecule has 110 valence electrons. The Balaban J connectivity index is 2.22. The number of carbonyl (C=O) groups excluding carboxylic acids is 1. The first-order valence-electron chi connectivity index (χ1n) is 6.66. The van der Waals surface area contributed by atoms with Crippen molar-refractivity contribution in [2.45, 2.75) is 25.8 Å². The summed E-state index contributed by atoms with van der Waals surface area (Å²) >= 11 is 6.96. The summed E-state index contributed by atoms with van der Waals surface area (Å²) in [4.78, 5) is 14.3. The largest absolute Gasteiger partial charge is 0.495 e. The minimum Gasteiger partial charge on any atom is -0.495 e. The maximum atomic E-state index is 12.4. The van der Waals surface area contributed by atoms with E-state index in [1.807, 2.05) is 17.0 Å². The molecule has 1 aliphatic rings. The molecule has 1 heterocycles. The lowest BCUT2D eigenvalue weighted by atomic mass is 10.2. The summed E-state index contributed by atoms with van der Waals surface area (Å²) in [5.41, 5.74) is 0.857. The molecule has 1 aliphatic heterocycles. The third-order valence-electron chi connectivity index (χ3n) is 3.36. The van der Waals surface area contributed by atoms with Gasteiger partial charge in [-0.15, -0.1) is 0 Å². The average molecular weight is 406 g/mol. The molecule has 0 bridgehead atoms. The fourth-order valence-corrected chi connectivity index (χ4v) is 3.68. The van der Waals surface area contributed by atoms with E-state index in [0.29, 0.717) is 0 Å². The summed E-state index contributed by atoms with van der Waals surface area (Å²) in [6, 6.07) is 3.72. The van der Waals surface area contributed by atoms with Gasteiger partial charge in [0, 0.05) is 17.1 Å². The zero-order chi connectivity index (χ0) is 14.7. The molecular weight excluding hydrogens is 388 g/mol. The summed E-state index contributed by atoms with van der Waals surface area (Å²) in [6.07, 6.45) is 1.86. The van der Waals surface area contributed by atoms with Crippen LogP contribution in [0.4, 0.5) is 5.69 Å². The molecule has 1 atom stereocenters. The maximum Gasteiger partial charge on any atom is 0.244 e. The Hall–Kier alpha value is -0.590. The first kappa shape index (κ1) is 15.8. The number of amides is 1. The molecule has 1 amide bonds. The molecule has 4 nitrogen and oxygen atoms in total. The van der Waals surface area contributed by atoms with E-state index in [1.54, 1.807) is 7.11 Å². The van der Waals surface area contributed by atoms with Crippen molar-refractivity contribution in [2.75, 3.05) is 25.1 Å². The van der Waals surface area contributed by atoms with Gasteiger partial charge in [-0.25, -0.2) is 0 Å². The minimum atomic E-state index is -0.0727. The smallest absolute Gasteiger partial charge is 0.244 e. The monoisotopic (exact) mass is 404 g/mol. The lowest BCUT2D eigenvalue weighted by Crippen LogP contribution is -2.38. The van der Waals surface area contributed by atoms with Crippen LogP contribution in [0.15, 0.2) is 21.1 Å². The highest BCUT2D eigenvalue weighted by molar-refractivity contribution is 9.11. The van der Waals surface area contributed by atoms with Gasteiger partial charge in [-0.2, -0.15) is 0 Å². The summed E-state index contributed by atoms with van der Waals surface area (Å²) in [7, 11) is 1.62. The molecule has 1 saturated heterocycles. The maximum absolute atomic E-state index is 12.4. The third-order valence-corrected chi connectivity index (χ3v) is 4.61. The Morgan fingerprint density at radius 3 is 2.80 bits per heavy atom. The Morgan fingerprint density at radius 2 is 2.15 bits per heavy atom. The number of methoxy groups -OCH3 is 1. The second-order valence-corrected chi connectivity index (χ2v) is 6.43. The number of hydrogen-bond donors (Lipinski definition) is 1. The van der Waals surface area contributed by atoms with Gasteiger partial charge in [0.1, 0.15) is 5.75 Å². The van der Waals surface area contributed by atoms with Crippen LogP contribution in [0.2, 0.25) is 0 Å². The molecule has 20 heavy (non-hydrogen) atoms. The molecule has 0 spiro atoms. The van der Waals surface area contributed by atoms with Crippen LogP contribution in [0.1, 0.15) is 19.8 Å². The van der Waals surface area contributed by atoms with Gasteiger partial charge in [0.2, 0.25) is 5.91 Å². The Kier molecular flexibility index (Phi) is 5.46. The summed E-state index contributed by atoms with van der Waals surface area (Å²) in [6.45, 7) is 3.69. The zero-order valence-electron chi connectivity index (χ0n) is 11.6. The number of nitrogens with one attached hydrogen (secondary N) is 1. The fraction of sp³-hybridized carbons (Fsp3) is 0.500. The highest BCUT2D eigenvalue weighted by Gasteiger charge is 2.33. The van der Waals surface area contributed by atoms with Crippen molar-refractivity contribution in [3.05, 3.63) is 21.1 Å². The highest BCUT2D eigenvalue weighted by Crippen LogP contribution is 2.38. The molecule has 0 aromatic heterocycles. The predicted molar refractivity (Wildman–Crippen MR) is 87.4 cm³/mol. The number of halogens is 2. The molecule has 1 fully saturated rings. The van der Waals surface area contributed by atoms with Crippen LogP contribution in [0.5, 0.6) is 5.75 Å². The van der Waals surface area contributed by atoms with Crippen molar-refractivity contribution in [1.29, 1.82) is 0 Å². The van der Waals surface area contributed by atoms with Crippen molar-refractivity contribution in [3.63, 3.8) is 0 Å². The van der Waals surface area contributed by atoms with Crippen molar-refractivity contribution in [1.82, 2.24) is 5.32 Å². The lowest BCUT2D eigenvalue weighted by Gasteiger charge is -2.20. The SMILES string of the molecule is CCCNC1CCN(c2cc(OC)c(Br)cc2Br)C1=O. The predicted octanol–water partition coefficient (Wildman–Crippen LogP) is 3.33. The Bertz CT molecular complexity index is 508. The van der Waals surface area contributed by atoms with E-state index in [-0.39, 0.29) is 11.9 Å². The average Bonchev–Trinajstić information content (AvgIpc) is 2.78. The first-order valence-corrected chi connectivity index (χ1v) is 8.24. The molecule has 1 unspecified atom stereocenters. The van der Waals surface area contributed by atoms with Crippen molar-refractivity contribution < 1.29 is 9.53 Å². The minimum absolute atomic E-state index is 0.0727. The summed E-state index contributed by atoms with van der Waals surface area (Å²) in [5.74, 6) is 0.851. The number of hydrogen-bond acceptors (Lipinski definition) is 3. The van der Waals surface area contributed by atoms with Crippen LogP contribution < -0.4 is 15.0 Å². The van der Waals surface area contributed by atoms with Crippen molar-refractivity contribution >= 4 is 43.5 Å². The van der Waals surface area contributed by atoms with Gasteiger partial charge < -0.3 is 15.0 Å². The van der Waals surface area contributed by atoms with E-state index < -0.39 is 0 Å². The van der Waals surface area contributed by atoms with E-state index in [2.05, 4.69) is 44.1 Å². The molecule has 0 saturated carbocycles. The van der Waals surface area contributed by atoms with Crippen molar-refractivity contribution in [2.24, 2.45) is 0 Å². The van der Waals surface area contributed by atoms with Gasteiger partial charge in [0.05, 0.1) is 23.3 Å². The van der Waals surface area contributed by atoms with E-state index >= 15 is 0 Å². The second-order valence-electron chi connectivity index (χ2n) is 4.72. The number of carbonyl (C=O) groups is 1. The number of rotatable bonds is 5. The first-order chi connectivity index (χ1) is 9.58. The number of nitrogens with zero attached hydrogens (tertiary/aromatic N) is 1. The second kappa shape index (κ2) is 6.91. The van der Waals surface area contributed by atoms with Crippen LogP contribution in [0.3, 0.4) is 0 Å². The van der Waals surface area contributed by atoms with Gasteiger partial charge in [-0.05, 0) is 57.3 Å². The third kappa shape index (κ3) is 3.18. The molecule has 2 rings (SSSR count). The highest BCUT2D eigenvalue weighted by atomic mass is 79.9. The van der Waals surface area contributed by atoms with E-state index in [4.69, 9.17) is 4.74 Å². The van der Waals surface area contributed by atoms with Crippen LogP contribution in [0.25, 0.3) is 0 Å². The lowest BCUT2D eigenvalue weighted by molar-refractivity contribution is -0.118. The summed E-state index contributed by atoms with van der Waals surface area (Å²) in [5, 5.41) is 3.29. The van der Waals surface area contributed by atoms with Crippen LogP contribution in [-0.4, -0.2) is 32.1 Å². The molecule has 1 aromatic carbocycles. The number of ether oxygens (including phenoxy) is 1. The van der Waals surface area contributed by atoms with Crippen molar-refractivity contribution in [3.8, 4) is 5.75 Å². The Morgan fingerprint density at radius 1 is 1.40 bits per heavy atom. The molecule has 1 aromatic rings. The van der Waals surface area contributed by atoms with Gasteiger partial charge >= 0.3 is 0 Å². The topological polar surface area (TPSA) is 41.6 Å². The number of anilines is 1. The van der Waals surface area contributed by atoms with Gasteiger partial charge in [0.15, 0.2) is 0 Å². The molecule has 0 aliphatic carbocycles. The van der Waals surface area contributed by atoms with Gasteiger partial charge in [0.25, 0.3) is 0 Å². The Labute approximate surface area is 136 Å². The zero-order valence-corrected chi connectivity index (χ0v) is 14.8. The number of benzene rings is 1. The summed E-state index contributed by atoms with van der Waals surface area (Å²) < 4.78 is 7.05. The molecule has 0 radical (unpaired) electrons. The van der Waals surface area contributed by atoms with E-state index in [1.165, 1.54) is 0 Å².